The van der Waals surface area contributed by atoms with E-state index in [9.17, 15) is 9.59 Å². The van der Waals surface area contributed by atoms with Crippen molar-refractivity contribution >= 4 is 22.8 Å². The molecule has 0 unspecified atom stereocenters. The quantitative estimate of drug-likeness (QED) is 0.848. The van der Waals surface area contributed by atoms with E-state index in [0.29, 0.717) is 23.4 Å². The Morgan fingerprint density at radius 3 is 2.68 bits per heavy atom. The summed E-state index contributed by atoms with van der Waals surface area (Å²) in [5, 5.41) is 9.56. The summed E-state index contributed by atoms with van der Waals surface area (Å²) in [5.74, 6) is -0.617. The number of hydrogen-bond donors (Lipinski definition) is 1. The summed E-state index contributed by atoms with van der Waals surface area (Å²) < 4.78 is 1.25. The van der Waals surface area contributed by atoms with E-state index in [-0.39, 0.29) is 12.1 Å². The Balaban J connectivity index is 2.63. The van der Waals surface area contributed by atoms with Crippen LogP contribution in [0.25, 0.3) is 10.9 Å². The standard InChI is InChI=1S/C16H21N3O3/c1-3-5-10-18(4-2)16-17-13-9-7-6-8-12(13)15(22)19(16)11-14(20)21/h6-9H,3-5,10-11H2,1-2H3,(H,20,21). The van der Waals surface area contributed by atoms with Crippen molar-refractivity contribution in [2.45, 2.75) is 33.2 Å². The summed E-state index contributed by atoms with van der Waals surface area (Å²) in [6, 6.07) is 7.03. The van der Waals surface area contributed by atoms with E-state index in [1.165, 1.54) is 4.57 Å². The molecule has 1 aromatic carbocycles. The fourth-order valence-corrected chi connectivity index (χ4v) is 2.42. The lowest BCUT2D eigenvalue weighted by Crippen LogP contribution is -2.35. The highest BCUT2D eigenvalue weighted by molar-refractivity contribution is 5.79. The second-order valence-electron chi connectivity index (χ2n) is 5.15. The Kier molecular flexibility index (Phi) is 5.14. The first-order valence-corrected chi connectivity index (χ1v) is 7.54. The van der Waals surface area contributed by atoms with Crippen LogP contribution >= 0.6 is 0 Å². The molecule has 118 valence electrons. The highest BCUT2D eigenvalue weighted by Gasteiger charge is 2.17. The lowest BCUT2D eigenvalue weighted by molar-refractivity contribution is -0.137. The van der Waals surface area contributed by atoms with Crippen LogP contribution in [0.5, 0.6) is 0 Å². The van der Waals surface area contributed by atoms with Crippen molar-refractivity contribution in [3.05, 3.63) is 34.6 Å². The Labute approximate surface area is 129 Å². The SMILES string of the molecule is CCCCN(CC)c1nc2ccccc2c(=O)n1CC(=O)O. The minimum Gasteiger partial charge on any atom is -0.480 e. The minimum atomic E-state index is -1.05. The number of benzene rings is 1. The van der Waals surface area contributed by atoms with Gasteiger partial charge in [0.15, 0.2) is 0 Å². The van der Waals surface area contributed by atoms with E-state index >= 15 is 0 Å². The van der Waals surface area contributed by atoms with Crippen molar-refractivity contribution < 1.29 is 9.90 Å². The first-order valence-electron chi connectivity index (χ1n) is 7.54. The van der Waals surface area contributed by atoms with Crippen molar-refractivity contribution in [1.29, 1.82) is 0 Å². The van der Waals surface area contributed by atoms with E-state index in [1.54, 1.807) is 18.2 Å². The van der Waals surface area contributed by atoms with Crippen molar-refractivity contribution in [1.82, 2.24) is 9.55 Å². The van der Waals surface area contributed by atoms with Crippen LogP contribution in [0.4, 0.5) is 5.95 Å². The van der Waals surface area contributed by atoms with E-state index in [2.05, 4.69) is 11.9 Å². The highest BCUT2D eigenvalue weighted by atomic mass is 16.4. The van der Waals surface area contributed by atoms with E-state index in [0.717, 1.165) is 19.4 Å². The maximum absolute atomic E-state index is 12.6. The number of anilines is 1. The van der Waals surface area contributed by atoms with Gasteiger partial charge in [-0.15, -0.1) is 0 Å². The predicted octanol–water partition coefficient (Wildman–Crippen LogP) is 2.11. The fourth-order valence-electron chi connectivity index (χ4n) is 2.42. The van der Waals surface area contributed by atoms with E-state index in [1.807, 2.05) is 17.9 Å². The Hall–Kier alpha value is -2.37. The van der Waals surface area contributed by atoms with Gasteiger partial charge >= 0.3 is 5.97 Å². The Bertz CT molecular complexity index is 724. The topological polar surface area (TPSA) is 75.4 Å². The molecule has 0 bridgehead atoms. The van der Waals surface area contributed by atoms with Crippen LogP contribution in [0.1, 0.15) is 26.7 Å². The molecular formula is C16H21N3O3. The van der Waals surface area contributed by atoms with Gasteiger partial charge in [0.25, 0.3) is 5.56 Å². The van der Waals surface area contributed by atoms with Crippen LogP contribution in [0, 0.1) is 0 Å². The fraction of sp³-hybridized carbons (Fsp3) is 0.438. The zero-order chi connectivity index (χ0) is 16.1. The first kappa shape index (κ1) is 16.0. The van der Waals surface area contributed by atoms with Gasteiger partial charge in [0.2, 0.25) is 5.95 Å². The number of para-hydroxylation sites is 1. The monoisotopic (exact) mass is 303 g/mol. The van der Waals surface area contributed by atoms with Crippen molar-refractivity contribution in [3.8, 4) is 0 Å². The van der Waals surface area contributed by atoms with Crippen LogP contribution in [0.15, 0.2) is 29.1 Å². The molecule has 6 heteroatoms. The molecule has 0 atom stereocenters. The van der Waals surface area contributed by atoms with Crippen LogP contribution in [0.3, 0.4) is 0 Å². The number of aliphatic carboxylic acids is 1. The third-order valence-electron chi connectivity index (χ3n) is 3.58. The van der Waals surface area contributed by atoms with Crippen molar-refractivity contribution in [2.24, 2.45) is 0 Å². The zero-order valence-corrected chi connectivity index (χ0v) is 13.0. The van der Waals surface area contributed by atoms with Gasteiger partial charge in [0.05, 0.1) is 10.9 Å². The maximum atomic E-state index is 12.6. The number of carboxylic acids is 1. The van der Waals surface area contributed by atoms with E-state index in [4.69, 9.17) is 5.11 Å². The van der Waals surface area contributed by atoms with Gasteiger partial charge in [-0.3, -0.25) is 14.2 Å². The largest absolute Gasteiger partial charge is 0.480 e. The summed E-state index contributed by atoms with van der Waals surface area (Å²) in [4.78, 5) is 30.2. The summed E-state index contributed by atoms with van der Waals surface area (Å²) in [5.41, 5.74) is 0.289. The van der Waals surface area contributed by atoms with Gasteiger partial charge in [0.1, 0.15) is 6.54 Å². The van der Waals surface area contributed by atoms with Crippen LogP contribution in [-0.2, 0) is 11.3 Å². The number of hydrogen-bond acceptors (Lipinski definition) is 4. The minimum absolute atomic E-state index is 0.307. The molecule has 1 N–H and O–H groups in total. The van der Waals surface area contributed by atoms with Crippen LogP contribution < -0.4 is 10.5 Å². The van der Waals surface area contributed by atoms with E-state index < -0.39 is 5.97 Å². The molecule has 0 aliphatic carbocycles. The predicted molar refractivity (Wildman–Crippen MR) is 86.4 cm³/mol. The molecular weight excluding hydrogens is 282 g/mol. The molecule has 0 radical (unpaired) electrons. The van der Waals surface area contributed by atoms with Gasteiger partial charge in [-0.1, -0.05) is 25.5 Å². The lowest BCUT2D eigenvalue weighted by atomic mass is 10.2. The Morgan fingerprint density at radius 1 is 1.32 bits per heavy atom. The molecule has 22 heavy (non-hydrogen) atoms. The lowest BCUT2D eigenvalue weighted by Gasteiger charge is -2.24. The van der Waals surface area contributed by atoms with Crippen LogP contribution in [0.2, 0.25) is 0 Å². The van der Waals surface area contributed by atoms with Gasteiger partial charge in [0, 0.05) is 13.1 Å². The molecule has 0 spiro atoms. The number of carbonyl (C=O) groups is 1. The molecule has 0 fully saturated rings. The number of carboxylic acid groups (broad SMARTS) is 1. The number of unbranched alkanes of at least 4 members (excludes halogenated alkanes) is 1. The molecule has 0 aliphatic heterocycles. The van der Waals surface area contributed by atoms with Crippen LogP contribution in [-0.4, -0.2) is 33.7 Å². The van der Waals surface area contributed by atoms with Gasteiger partial charge in [-0.05, 0) is 25.5 Å². The zero-order valence-electron chi connectivity index (χ0n) is 13.0. The summed E-state index contributed by atoms with van der Waals surface area (Å²) in [7, 11) is 0. The average Bonchev–Trinajstić information content (AvgIpc) is 2.51. The maximum Gasteiger partial charge on any atom is 0.323 e. The number of fused-ring (bicyclic) bond motifs is 1. The average molecular weight is 303 g/mol. The Morgan fingerprint density at radius 2 is 2.05 bits per heavy atom. The second kappa shape index (κ2) is 7.06. The molecule has 0 aliphatic rings. The third kappa shape index (κ3) is 3.27. The first-order chi connectivity index (χ1) is 10.6. The summed E-state index contributed by atoms with van der Waals surface area (Å²) in [6.07, 6.45) is 1.98. The molecule has 1 heterocycles. The molecule has 6 nitrogen and oxygen atoms in total. The number of aromatic nitrogens is 2. The van der Waals surface area contributed by atoms with Gasteiger partial charge in [-0.2, -0.15) is 0 Å². The molecule has 0 amide bonds. The smallest absolute Gasteiger partial charge is 0.323 e. The van der Waals surface area contributed by atoms with Gasteiger partial charge < -0.3 is 10.0 Å². The number of nitrogens with zero attached hydrogens (tertiary/aromatic N) is 3. The second-order valence-corrected chi connectivity index (χ2v) is 5.15. The van der Waals surface area contributed by atoms with Crippen molar-refractivity contribution in [3.63, 3.8) is 0 Å². The molecule has 2 aromatic rings. The number of rotatable bonds is 7. The van der Waals surface area contributed by atoms with Gasteiger partial charge in [-0.25, -0.2) is 4.98 Å². The molecule has 1 aromatic heterocycles. The summed E-state index contributed by atoms with van der Waals surface area (Å²) >= 11 is 0. The van der Waals surface area contributed by atoms with Crippen molar-refractivity contribution in [2.75, 3.05) is 18.0 Å². The molecule has 2 rings (SSSR count). The molecule has 0 saturated heterocycles. The summed E-state index contributed by atoms with van der Waals surface area (Å²) in [6.45, 7) is 5.10. The molecule has 0 saturated carbocycles. The highest BCUT2D eigenvalue weighted by Crippen LogP contribution is 2.15. The third-order valence-corrected chi connectivity index (χ3v) is 3.58. The normalized spacial score (nSPS) is 10.8.